The number of aliphatic hydroxyl groups excluding tert-OH is 1. The highest BCUT2D eigenvalue weighted by Gasteiger charge is 2.22. The van der Waals surface area contributed by atoms with Crippen LogP contribution in [0, 0.1) is 12.8 Å². The van der Waals surface area contributed by atoms with Crippen LogP contribution in [0.4, 0.5) is 0 Å². The molecule has 0 atom stereocenters. The molecule has 0 bridgehead atoms. The first kappa shape index (κ1) is 27.2. The number of carbonyl (C=O) groups excluding carboxylic acids is 1. The molecule has 0 aromatic heterocycles. The molecule has 35 heavy (non-hydrogen) atoms. The summed E-state index contributed by atoms with van der Waals surface area (Å²) in [4.78, 5) is 12.0. The molecule has 3 nitrogen and oxygen atoms in total. The highest BCUT2D eigenvalue weighted by atomic mass is 16.5. The van der Waals surface area contributed by atoms with Gasteiger partial charge in [0.1, 0.15) is 6.61 Å². The molecule has 1 aliphatic carbocycles. The number of hydrogen-bond donors (Lipinski definition) is 1. The Balaban J connectivity index is 1.72. The van der Waals surface area contributed by atoms with Gasteiger partial charge in [0.2, 0.25) is 0 Å². The monoisotopic (exact) mass is 476 g/mol. The van der Waals surface area contributed by atoms with Crippen molar-refractivity contribution in [3.8, 4) is 11.1 Å². The van der Waals surface area contributed by atoms with Gasteiger partial charge in [-0.3, -0.25) is 0 Å². The summed E-state index contributed by atoms with van der Waals surface area (Å²) >= 11 is 0. The topological polar surface area (TPSA) is 46.5 Å². The first-order valence-electron chi connectivity index (χ1n) is 13.6. The summed E-state index contributed by atoms with van der Waals surface area (Å²) in [6.45, 7) is 10.2. The fraction of sp³-hybridized carbons (Fsp3) is 0.531. The maximum absolute atomic E-state index is 12.0. The lowest BCUT2D eigenvalue weighted by molar-refractivity contribution is -0.140. The highest BCUT2D eigenvalue weighted by molar-refractivity contribution is 5.86. The molecule has 0 amide bonds. The van der Waals surface area contributed by atoms with Crippen molar-refractivity contribution in [2.75, 3.05) is 6.61 Å². The molecule has 0 heterocycles. The highest BCUT2D eigenvalue weighted by Crippen LogP contribution is 2.39. The van der Waals surface area contributed by atoms with Crippen LogP contribution in [0.5, 0.6) is 0 Å². The van der Waals surface area contributed by atoms with Crippen LogP contribution in [0.3, 0.4) is 0 Å². The number of aliphatic hydroxyl groups is 1. The summed E-state index contributed by atoms with van der Waals surface area (Å²) in [5.41, 5.74) is 7.65. The number of carbonyl (C=O) groups is 1. The third kappa shape index (κ3) is 7.80. The Morgan fingerprint density at radius 3 is 2.46 bits per heavy atom. The number of unbranched alkanes of at least 4 members (excludes halogenated alkanes) is 2. The van der Waals surface area contributed by atoms with Gasteiger partial charge in [-0.25, -0.2) is 4.79 Å². The summed E-state index contributed by atoms with van der Waals surface area (Å²) in [6.07, 6.45) is 12.3. The smallest absolute Gasteiger partial charge is 0.333 e. The van der Waals surface area contributed by atoms with Gasteiger partial charge in [0.05, 0.1) is 0 Å². The standard InChI is InChI=1S/C32H44O3/c1-5-6-7-9-25-11-13-27(14-12-25)28-17-18-31(24(4)20-28)29-16-15-26(10-8-19-33)30(21-29)22-35-32(34)23(2)3/h15-18,20-21,25,27,33H,2,5-14,19,22H2,1,3-4H3. The molecule has 0 aliphatic heterocycles. The van der Waals surface area contributed by atoms with Crippen molar-refractivity contribution in [1.29, 1.82) is 0 Å². The molecule has 1 aliphatic rings. The van der Waals surface area contributed by atoms with Gasteiger partial charge in [0, 0.05) is 12.2 Å². The van der Waals surface area contributed by atoms with Crippen molar-refractivity contribution < 1.29 is 14.6 Å². The van der Waals surface area contributed by atoms with Gasteiger partial charge in [-0.2, -0.15) is 0 Å². The van der Waals surface area contributed by atoms with Gasteiger partial charge in [0.25, 0.3) is 0 Å². The predicted molar refractivity (Wildman–Crippen MR) is 145 cm³/mol. The largest absolute Gasteiger partial charge is 0.457 e. The Hall–Kier alpha value is -2.39. The third-order valence-electron chi connectivity index (χ3n) is 7.61. The lowest BCUT2D eigenvalue weighted by Crippen LogP contribution is -2.13. The quantitative estimate of drug-likeness (QED) is 0.191. The van der Waals surface area contributed by atoms with Crippen LogP contribution in [0.15, 0.2) is 48.6 Å². The van der Waals surface area contributed by atoms with E-state index in [0.717, 1.165) is 29.0 Å². The second-order valence-electron chi connectivity index (χ2n) is 10.5. The van der Waals surface area contributed by atoms with Crippen LogP contribution in [-0.4, -0.2) is 17.7 Å². The third-order valence-corrected chi connectivity index (χ3v) is 7.61. The zero-order valence-electron chi connectivity index (χ0n) is 22.1. The number of aryl methyl sites for hydroxylation is 2. The summed E-state index contributed by atoms with van der Waals surface area (Å²) in [6, 6.07) is 13.4. The molecule has 0 saturated heterocycles. The van der Waals surface area contributed by atoms with Gasteiger partial charge >= 0.3 is 5.97 Å². The van der Waals surface area contributed by atoms with Gasteiger partial charge in [-0.1, -0.05) is 69.5 Å². The normalized spacial score (nSPS) is 17.8. The second-order valence-corrected chi connectivity index (χ2v) is 10.5. The summed E-state index contributed by atoms with van der Waals surface area (Å²) < 4.78 is 5.47. The molecule has 3 rings (SSSR count). The summed E-state index contributed by atoms with van der Waals surface area (Å²) in [7, 11) is 0. The van der Waals surface area contributed by atoms with E-state index in [2.05, 4.69) is 56.8 Å². The number of ether oxygens (including phenoxy) is 1. The van der Waals surface area contributed by atoms with E-state index in [1.165, 1.54) is 68.1 Å². The predicted octanol–water partition coefficient (Wildman–Crippen LogP) is 8.06. The van der Waals surface area contributed by atoms with Crippen molar-refractivity contribution in [2.24, 2.45) is 5.92 Å². The zero-order chi connectivity index (χ0) is 25.2. The fourth-order valence-corrected chi connectivity index (χ4v) is 5.44. The van der Waals surface area contributed by atoms with Crippen LogP contribution in [0.1, 0.15) is 99.8 Å². The number of rotatable bonds is 12. The van der Waals surface area contributed by atoms with Crippen LogP contribution in [0.2, 0.25) is 0 Å². The molecule has 3 heteroatoms. The minimum absolute atomic E-state index is 0.147. The first-order valence-corrected chi connectivity index (χ1v) is 13.6. The average molecular weight is 477 g/mol. The van der Waals surface area contributed by atoms with Crippen LogP contribution in [-0.2, 0) is 22.6 Å². The molecule has 0 radical (unpaired) electrons. The molecule has 1 N–H and O–H groups in total. The Morgan fingerprint density at radius 1 is 1.03 bits per heavy atom. The molecule has 2 aromatic rings. The maximum atomic E-state index is 12.0. The van der Waals surface area contributed by atoms with Crippen molar-refractivity contribution in [1.82, 2.24) is 0 Å². The Kier molecular flexibility index (Phi) is 10.6. The molecule has 190 valence electrons. The molecular formula is C32H44O3. The lowest BCUT2D eigenvalue weighted by atomic mass is 9.76. The van der Waals surface area contributed by atoms with E-state index in [1.54, 1.807) is 6.92 Å². The summed E-state index contributed by atoms with van der Waals surface area (Å²) in [5, 5.41) is 9.28. The van der Waals surface area contributed by atoms with Crippen molar-refractivity contribution in [3.63, 3.8) is 0 Å². The van der Waals surface area contributed by atoms with E-state index in [4.69, 9.17) is 4.74 Å². The minimum Gasteiger partial charge on any atom is -0.457 e. The molecular weight excluding hydrogens is 432 g/mol. The minimum atomic E-state index is -0.371. The van der Waals surface area contributed by atoms with Gasteiger partial charge in [-0.05, 0) is 104 Å². The van der Waals surface area contributed by atoms with E-state index in [1.807, 2.05) is 0 Å². The van der Waals surface area contributed by atoms with E-state index < -0.39 is 0 Å². The van der Waals surface area contributed by atoms with E-state index in [-0.39, 0.29) is 19.2 Å². The molecule has 1 saturated carbocycles. The van der Waals surface area contributed by atoms with Crippen molar-refractivity contribution in [2.45, 2.75) is 97.5 Å². The van der Waals surface area contributed by atoms with Gasteiger partial charge in [-0.15, -0.1) is 0 Å². The van der Waals surface area contributed by atoms with Crippen LogP contribution >= 0.6 is 0 Å². The fourth-order valence-electron chi connectivity index (χ4n) is 5.44. The number of benzene rings is 2. The Morgan fingerprint density at radius 2 is 1.80 bits per heavy atom. The first-order chi connectivity index (χ1) is 16.9. The van der Waals surface area contributed by atoms with Gasteiger partial charge in [0.15, 0.2) is 0 Å². The maximum Gasteiger partial charge on any atom is 0.333 e. The van der Waals surface area contributed by atoms with Crippen LogP contribution in [0.25, 0.3) is 11.1 Å². The molecule has 0 spiro atoms. The molecule has 1 fully saturated rings. The SMILES string of the molecule is C=C(C)C(=O)OCc1cc(-c2ccc(C3CCC(CCCCC)CC3)cc2C)ccc1CCCO. The van der Waals surface area contributed by atoms with Gasteiger partial charge < -0.3 is 9.84 Å². The zero-order valence-corrected chi connectivity index (χ0v) is 22.1. The molecule has 0 unspecified atom stereocenters. The average Bonchev–Trinajstić information content (AvgIpc) is 2.86. The van der Waals surface area contributed by atoms with Crippen LogP contribution < -0.4 is 0 Å². The van der Waals surface area contributed by atoms with E-state index in [9.17, 15) is 9.90 Å². The Bertz CT molecular complexity index is 982. The lowest BCUT2D eigenvalue weighted by Gasteiger charge is -2.29. The molecule has 2 aromatic carbocycles. The Labute approximate surface area is 212 Å². The van der Waals surface area contributed by atoms with E-state index in [0.29, 0.717) is 17.9 Å². The van der Waals surface area contributed by atoms with E-state index >= 15 is 0 Å². The van der Waals surface area contributed by atoms with Crippen molar-refractivity contribution in [3.05, 3.63) is 70.8 Å². The van der Waals surface area contributed by atoms with Crippen molar-refractivity contribution >= 4 is 5.97 Å². The summed E-state index contributed by atoms with van der Waals surface area (Å²) in [5.74, 6) is 1.24. The number of esters is 1. The second kappa shape index (κ2) is 13.6. The number of hydrogen-bond acceptors (Lipinski definition) is 3.